The van der Waals surface area contributed by atoms with E-state index in [1.54, 1.807) is 25.1 Å². The van der Waals surface area contributed by atoms with Crippen molar-refractivity contribution in [2.45, 2.75) is 31.5 Å². The number of anilines is 2. The number of nitrogens with zero attached hydrogens (tertiary/aromatic N) is 4. The first-order valence-electron chi connectivity index (χ1n) is 8.17. The zero-order valence-corrected chi connectivity index (χ0v) is 15.5. The van der Waals surface area contributed by atoms with Gasteiger partial charge in [-0.1, -0.05) is 30.8 Å². The molecule has 2 amide bonds. The van der Waals surface area contributed by atoms with Crippen LogP contribution in [0.5, 0.6) is 5.75 Å². The van der Waals surface area contributed by atoms with Crippen LogP contribution in [0.25, 0.3) is 0 Å². The van der Waals surface area contributed by atoms with Crippen molar-refractivity contribution in [1.82, 2.24) is 15.0 Å². The average Bonchev–Trinajstić information content (AvgIpc) is 2.65. The van der Waals surface area contributed by atoms with E-state index in [9.17, 15) is 9.59 Å². The first-order valence-corrected chi connectivity index (χ1v) is 9.40. The number of thioether (sulfide) groups is 1. The van der Waals surface area contributed by atoms with Crippen molar-refractivity contribution in [2.75, 3.05) is 23.0 Å². The van der Waals surface area contributed by atoms with Crippen LogP contribution >= 0.6 is 11.8 Å². The lowest BCUT2D eigenvalue weighted by atomic mass is 10.2. The third kappa shape index (κ3) is 3.77. The van der Waals surface area contributed by atoms with Gasteiger partial charge in [-0.05, 0) is 25.3 Å². The molecular formula is C17H19N5O3S. The Morgan fingerprint density at radius 1 is 1.31 bits per heavy atom. The predicted octanol–water partition coefficient (Wildman–Crippen LogP) is 1.91. The third-order valence-electron chi connectivity index (χ3n) is 3.79. The van der Waals surface area contributed by atoms with Crippen molar-refractivity contribution in [3.8, 4) is 5.75 Å². The van der Waals surface area contributed by atoms with Gasteiger partial charge in [-0.15, -0.1) is 0 Å². The molecular weight excluding hydrogens is 354 g/mol. The van der Waals surface area contributed by atoms with Gasteiger partial charge in [-0.2, -0.15) is 9.97 Å². The summed E-state index contributed by atoms with van der Waals surface area (Å²) in [4.78, 5) is 39.0. The summed E-state index contributed by atoms with van der Waals surface area (Å²) in [7, 11) is 0. The third-order valence-corrected chi connectivity index (χ3v) is 4.33. The molecule has 136 valence electrons. The number of ether oxygens (including phenoxy) is 1. The number of hydrogen-bond acceptors (Lipinski definition) is 7. The molecule has 9 heteroatoms. The second-order valence-electron chi connectivity index (χ2n) is 5.62. The van der Waals surface area contributed by atoms with Crippen LogP contribution in [-0.2, 0) is 16.0 Å². The van der Waals surface area contributed by atoms with Gasteiger partial charge in [0.25, 0.3) is 5.91 Å². The number of para-hydroxylation sites is 2. The molecule has 0 fully saturated rings. The minimum Gasteiger partial charge on any atom is -0.479 e. The summed E-state index contributed by atoms with van der Waals surface area (Å²) in [6.45, 7) is 3.44. The monoisotopic (exact) mass is 373 g/mol. The average molecular weight is 373 g/mol. The van der Waals surface area contributed by atoms with Gasteiger partial charge >= 0.3 is 0 Å². The van der Waals surface area contributed by atoms with Crippen molar-refractivity contribution in [1.29, 1.82) is 0 Å². The summed E-state index contributed by atoms with van der Waals surface area (Å²) >= 11 is 1.37. The van der Waals surface area contributed by atoms with E-state index in [4.69, 9.17) is 4.74 Å². The van der Waals surface area contributed by atoms with Crippen LogP contribution in [0.2, 0.25) is 0 Å². The van der Waals surface area contributed by atoms with Crippen molar-refractivity contribution in [3.63, 3.8) is 0 Å². The molecule has 1 aliphatic heterocycles. The van der Waals surface area contributed by atoms with E-state index >= 15 is 0 Å². The molecule has 0 radical (unpaired) electrons. The SMILES string of the molecule is CCc1nc(NC(=O)CN2C(=O)C(C)Oc3ccccc32)nc(SC)n1. The highest BCUT2D eigenvalue weighted by molar-refractivity contribution is 7.98. The quantitative estimate of drug-likeness (QED) is 0.800. The fraction of sp³-hybridized carbons (Fsp3) is 0.353. The van der Waals surface area contributed by atoms with E-state index in [0.29, 0.717) is 28.8 Å². The van der Waals surface area contributed by atoms with Gasteiger partial charge in [0, 0.05) is 6.42 Å². The second kappa shape index (κ2) is 7.69. The Hall–Kier alpha value is -2.68. The van der Waals surface area contributed by atoms with Gasteiger partial charge < -0.3 is 4.74 Å². The largest absolute Gasteiger partial charge is 0.479 e. The fourth-order valence-corrected chi connectivity index (χ4v) is 2.91. The van der Waals surface area contributed by atoms with Gasteiger partial charge in [0.1, 0.15) is 18.1 Å². The molecule has 3 rings (SSSR count). The first kappa shape index (κ1) is 18.1. The maximum atomic E-state index is 12.5. The lowest BCUT2D eigenvalue weighted by Crippen LogP contribution is -2.47. The maximum absolute atomic E-state index is 12.5. The zero-order chi connectivity index (χ0) is 18.7. The molecule has 1 aliphatic rings. The van der Waals surface area contributed by atoms with Crippen molar-refractivity contribution in [2.24, 2.45) is 0 Å². The number of carbonyl (C=O) groups excluding carboxylic acids is 2. The molecule has 0 saturated heterocycles. The molecule has 1 aromatic carbocycles. The summed E-state index contributed by atoms with van der Waals surface area (Å²) in [5, 5.41) is 3.19. The fourth-order valence-electron chi connectivity index (χ4n) is 2.53. The van der Waals surface area contributed by atoms with E-state index in [-0.39, 0.29) is 24.3 Å². The van der Waals surface area contributed by atoms with Crippen LogP contribution in [0.15, 0.2) is 29.4 Å². The summed E-state index contributed by atoms with van der Waals surface area (Å²) in [6.07, 6.45) is 1.83. The minimum atomic E-state index is -0.648. The summed E-state index contributed by atoms with van der Waals surface area (Å²) in [6, 6.07) is 7.13. The standard InChI is InChI=1S/C17H19N5O3S/c1-4-13-18-16(21-17(19-13)26-3)20-14(23)9-22-11-7-5-6-8-12(11)25-10(2)15(22)24/h5-8,10H,4,9H2,1-3H3,(H,18,19,20,21,23). The Labute approximate surface area is 155 Å². The first-order chi connectivity index (χ1) is 12.5. The number of carbonyl (C=O) groups is 2. The van der Waals surface area contributed by atoms with Crippen molar-refractivity contribution >= 4 is 35.2 Å². The lowest BCUT2D eigenvalue weighted by molar-refractivity contribution is -0.127. The molecule has 26 heavy (non-hydrogen) atoms. The molecule has 1 aromatic heterocycles. The van der Waals surface area contributed by atoms with Crippen molar-refractivity contribution in [3.05, 3.63) is 30.1 Å². The Morgan fingerprint density at radius 3 is 2.81 bits per heavy atom. The van der Waals surface area contributed by atoms with Gasteiger partial charge in [-0.3, -0.25) is 19.8 Å². The molecule has 1 atom stereocenters. The Bertz CT molecular complexity index is 823. The summed E-state index contributed by atoms with van der Waals surface area (Å²) < 4.78 is 5.58. The van der Waals surface area contributed by atoms with E-state index < -0.39 is 6.10 Å². The number of aryl methyl sites for hydroxylation is 1. The number of nitrogens with one attached hydrogen (secondary N) is 1. The van der Waals surface area contributed by atoms with Gasteiger partial charge in [0.05, 0.1) is 5.69 Å². The van der Waals surface area contributed by atoms with Crippen LogP contribution in [-0.4, -0.2) is 45.7 Å². The van der Waals surface area contributed by atoms with Crippen LogP contribution in [0, 0.1) is 0 Å². The number of benzene rings is 1. The number of rotatable bonds is 5. The van der Waals surface area contributed by atoms with E-state index in [1.165, 1.54) is 16.7 Å². The van der Waals surface area contributed by atoms with Crippen molar-refractivity contribution < 1.29 is 14.3 Å². The highest BCUT2D eigenvalue weighted by Gasteiger charge is 2.32. The molecule has 8 nitrogen and oxygen atoms in total. The Kier molecular flexibility index (Phi) is 5.36. The summed E-state index contributed by atoms with van der Waals surface area (Å²) in [5.41, 5.74) is 0.570. The topological polar surface area (TPSA) is 97.3 Å². The number of hydrogen-bond donors (Lipinski definition) is 1. The highest BCUT2D eigenvalue weighted by Crippen LogP contribution is 2.33. The number of fused-ring (bicyclic) bond motifs is 1. The molecule has 0 aliphatic carbocycles. The van der Waals surface area contributed by atoms with Crippen LogP contribution < -0.4 is 15.0 Å². The van der Waals surface area contributed by atoms with Gasteiger partial charge in [0.15, 0.2) is 11.3 Å². The van der Waals surface area contributed by atoms with E-state index in [2.05, 4.69) is 20.3 Å². The molecule has 0 saturated carbocycles. The van der Waals surface area contributed by atoms with Crippen LogP contribution in [0.4, 0.5) is 11.6 Å². The van der Waals surface area contributed by atoms with Crippen LogP contribution in [0.3, 0.4) is 0 Å². The summed E-state index contributed by atoms with van der Waals surface area (Å²) in [5.74, 6) is 0.705. The molecule has 1 N–H and O–H groups in total. The number of aromatic nitrogens is 3. The van der Waals surface area contributed by atoms with Gasteiger partial charge in [-0.25, -0.2) is 4.98 Å². The number of amides is 2. The molecule has 2 aromatic rings. The molecule has 1 unspecified atom stereocenters. The Morgan fingerprint density at radius 2 is 2.08 bits per heavy atom. The minimum absolute atomic E-state index is 0.148. The van der Waals surface area contributed by atoms with Gasteiger partial charge in [0.2, 0.25) is 11.9 Å². The van der Waals surface area contributed by atoms with E-state index in [0.717, 1.165) is 0 Å². The van der Waals surface area contributed by atoms with Crippen LogP contribution in [0.1, 0.15) is 19.7 Å². The maximum Gasteiger partial charge on any atom is 0.268 e. The predicted molar refractivity (Wildman–Crippen MR) is 98.5 cm³/mol. The Balaban J connectivity index is 1.79. The highest BCUT2D eigenvalue weighted by atomic mass is 32.2. The normalized spacial score (nSPS) is 16.0. The molecule has 0 bridgehead atoms. The zero-order valence-electron chi connectivity index (χ0n) is 14.7. The lowest BCUT2D eigenvalue weighted by Gasteiger charge is -2.32. The smallest absolute Gasteiger partial charge is 0.268 e. The second-order valence-corrected chi connectivity index (χ2v) is 6.39. The molecule has 0 spiro atoms. The van der Waals surface area contributed by atoms with E-state index in [1.807, 2.05) is 19.2 Å². The molecule has 2 heterocycles.